The fourth-order valence-electron chi connectivity index (χ4n) is 2.16. The van der Waals surface area contributed by atoms with Gasteiger partial charge >= 0.3 is 0 Å². The molecule has 0 aliphatic rings. The monoisotopic (exact) mass is 405 g/mol. The first-order valence-corrected chi connectivity index (χ1v) is 7.84. The number of para-hydroxylation sites is 1. The number of hydrogen-bond acceptors (Lipinski definition) is 3. The van der Waals surface area contributed by atoms with Crippen LogP contribution in [0.5, 0.6) is 0 Å². The van der Waals surface area contributed by atoms with Gasteiger partial charge < -0.3 is 11.1 Å². The lowest BCUT2D eigenvalue weighted by Crippen LogP contribution is -2.11. The van der Waals surface area contributed by atoms with Gasteiger partial charge in [-0.2, -0.15) is 0 Å². The Balaban J connectivity index is 2.09. The summed E-state index contributed by atoms with van der Waals surface area (Å²) in [4.78, 5) is 4.99. The molecule has 0 aliphatic heterocycles. The third-order valence-electron chi connectivity index (χ3n) is 3.08. The number of aromatic nitrogens is 1. The van der Waals surface area contributed by atoms with Crippen LogP contribution in [0.25, 0.3) is 10.9 Å². The number of halogens is 1. The molecule has 0 saturated carbocycles. The minimum atomic E-state index is 0.374. The van der Waals surface area contributed by atoms with Gasteiger partial charge in [-0.05, 0) is 52.9 Å². The molecular formula is C16H12IN3S. The zero-order valence-corrected chi connectivity index (χ0v) is 14.0. The Morgan fingerprint density at radius 1 is 1.10 bits per heavy atom. The Morgan fingerprint density at radius 2 is 1.90 bits per heavy atom. The Morgan fingerprint density at radius 3 is 2.67 bits per heavy atom. The molecule has 0 atom stereocenters. The van der Waals surface area contributed by atoms with Crippen LogP contribution in [0.3, 0.4) is 0 Å². The normalized spacial score (nSPS) is 10.5. The lowest BCUT2D eigenvalue weighted by atomic mass is 10.1. The van der Waals surface area contributed by atoms with Gasteiger partial charge in [0.2, 0.25) is 0 Å². The molecule has 0 saturated heterocycles. The molecule has 3 rings (SSSR count). The molecule has 3 aromatic rings. The summed E-state index contributed by atoms with van der Waals surface area (Å²) >= 11 is 7.43. The predicted octanol–water partition coefficient (Wildman–Crippen LogP) is 4.22. The molecule has 0 spiro atoms. The molecule has 0 fully saturated rings. The topological polar surface area (TPSA) is 50.9 Å². The van der Waals surface area contributed by atoms with Gasteiger partial charge in [-0.1, -0.05) is 36.5 Å². The van der Waals surface area contributed by atoms with Gasteiger partial charge in [0.1, 0.15) is 10.8 Å². The summed E-state index contributed by atoms with van der Waals surface area (Å²) in [6, 6.07) is 17.8. The van der Waals surface area contributed by atoms with E-state index in [9.17, 15) is 0 Å². The molecule has 21 heavy (non-hydrogen) atoms. The van der Waals surface area contributed by atoms with Crippen molar-refractivity contribution in [3.63, 3.8) is 0 Å². The van der Waals surface area contributed by atoms with E-state index in [0.717, 1.165) is 31.5 Å². The SMILES string of the molecule is NC(=S)c1cc(Nc2cccc(I)c2)nc2ccccc12. The molecule has 5 heteroatoms. The number of hydrogen-bond donors (Lipinski definition) is 2. The predicted molar refractivity (Wildman–Crippen MR) is 100 cm³/mol. The molecule has 0 unspecified atom stereocenters. The maximum absolute atomic E-state index is 5.84. The molecule has 0 amide bonds. The first kappa shape index (κ1) is 14.2. The third-order valence-corrected chi connectivity index (χ3v) is 3.97. The van der Waals surface area contributed by atoms with Crippen LogP contribution in [0.15, 0.2) is 54.6 Å². The average Bonchev–Trinajstić information content (AvgIpc) is 2.46. The quantitative estimate of drug-likeness (QED) is 0.506. The van der Waals surface area contributed by atoms with E-state index >= 15 is 0 Å². The zero-order valence-electron chi connectivity index (χ0n) is 11.0. The van der Waals surface area contributed by atoms with Crippen molar-refractivity contribution < 1.29 is 0 Å². The van der Waals surface area contributed by atoms with Crippen molar-refractivity contribution in [2.45, 2.75) is 0 Å². The highest BCUT2D eigenvalue weighted by atomic mass is 127. The van der Waals surface area contributed by atoms with Crippen LogP contribution in [0.4, 0.5) is 11.5 Å². The van der Waals surface area contributed by atoms with Gasteiger partial charge in [0.25, 0.3) is 0 Å². The molecule has 2 aromatic carbocycles. The summed E-state index contributed by atoms with van der Waals surface area (Å²) in [5, 5.41) is 4.27. The standard InChI is InChI=1S/C16H12IN3S/c17-10-4-3-5-11(8-10)19-15-9-13(16(18)21)12-6-1-2-7-14(12)20-15/h1-9H,(H2,18,21)(H,19,20). The Hall–Kier alpha value is -1.73. The molecule has 3 nitrogen and oxygen atoms in total. The van der Waals surface area contributed by atoms with E-state index in [2.05, 4.69) is 39.0 Å². The molecule has 1 aromatic heterocycles. The van der Waals surface area contributed by atoms with Crippen molar-refractivity contribution in [3.8, 4) is 0 Å². The fourth-order valence-corrected chi connectivity index (χ4v) is 2.87. The highest BCUT2D eigenvalue weighted by Gasteiger charge is 2.08. The maximum Gasteiger partial charge on any atom is 0.131 e. The first-order valence-electron chi connectivity index (χ1n) is 6.36. The van der Waals surface area contributed by atoms with Gasteiger partial charge in [-0.15, -0.1) is 0 Å². The van der Waals surface area contributed by atoms with Crippen molar-refractivity contribution >= 4 is 62.2 Å². The van der Waals surface area contributed by atoms with Crippen LogP contribution in [-0.2, 0) is 0 Å². The zero-order chi connectivity index (χ0) is 14.8. The summed E-state index contributed by atoms with van der Waals surface area (Å²) in [6.07, 6.45) is 0. The number of benzene rings is 2. The number of rotatable bonds is 3. The Labute approximate surface area is 141 Å². The third kappa shape index (κ3) is 3.14. The second-order valence-electron chi connectivity index (χ2n) is 4.57. The van der Waals surface area contributed by atoms with Crippen molar-refractivity contribution in [2.75, 3.05) is 5.32 Å². The number of nitrogens with zero attached hydrogens (tertiary/aromatic N) is 1. The second kappa shape index (κ2) is 5.95. The summed E-state index contributed by atoms with van der Waals surface area (Å²) < 4.78 is 1.16. The molecule has 0 radical (unpaired) electrons. The van der Waals surface area contributed by atoms with E-state index < -0.39 is 0 Å². The molecule has 1 heterocycles. The lowest BCUT2D eigenvalue weighted by Gasteiger charge is -2.10. The number of fused-ring (bicyclic) bond motifs is 1. The van der Waals surface area contributed by atoms with Crippen LogP contribution >= 0.6 is 34.8 Å². The van der Waals surface area contributed by atoms with Crippen molar-refractivity contribution in [1.82, 2.24) is 4.98 Å². The summed E-state index contributed by atoms with van der Waals surface area (Å²) in [5.41, 5.74) is 8.53. The number of thiocarbonyl (C=S) groups is 1. The Bertz CT molecular complexity index is 833. The number of nitrogens with one attached hydrogen (secondary N) is 1. The van der Waals surface area contributed by atoms with Crippen LogP contribution in [0, 0.1) is 3.57 Å². The van der Waals surface area contributed by atoms with Crippen LogP contribution < -0.4 is 11.1 Å². The molecular weight excluding hydrogens is 393 g/mol. The van der Waals surface area contributed by atoms with Crippen LogP contribution in [0.1, 0.15) is 5.56 Å². The minimum absolute atomic E-state index is 0.374. The van der Waals surface area contributed by atoms with Gasteiger partial charge in [-0.25, -0.2) is 4.98 Å². The van der Waals surface area contributed by atoms with Gasteiger partial charge in [0.05, 0.1) is 5.52 Å². The van der Waals surface area contributed by atoms with Gasteiger partial charge in [-0.3, -0.25) is 0 Å². The van der Waals surface area contributed by atoms with Crippen LogP contribution in [0.2, 0.25) is 0 Å². The van der Waals surface area contributed by atoms with E-state index in [4.69, 9.17) is 18.0 Å². The van der Waals surface area contributed by atoms with E-state index in [1.807, 2.05) is 48.5 Å². The minimum Gasteiger partial charge on any atom is -0.389 e. The number of nitrogens with two attached hydrogens (primary N) is 1. The summed E-state index contributed by atoms with van der Waals surface area (Å²) in [7, 11) is 0. The van der Waals surface area contributed by atoms with Gasteiger partial charge in [0, 0.05) is 20.2 Å². The molecule has 0 aliphatic carbocycles. The molecule has 3 N–H and O–H groups in total. The van der Waals surface area contributed by atoms with E-state index in [1.54, 1.807) is 0 Å². The smallest absolute Gasteiger partial charge is 0.131 e. The lowest BCUT2D eigenvalue weighted by molar-refractivity contribution is 1.36. The maximum atomic E-state index is 5.84. The second-order valence-corrected chi connectivity index (χ2v) is 6.26. The molecule has 0 bridgehead atoms. The largest absolute Gasteiger partial charge is 0.389 e. The summed E-state index contributed by atoms with van der Waals surface area (Å²) in [5.74, 6) is 0.735. The Kier molecular flexibility index (Phi) is 4.03. The fraction of sp³-hybridized carbons (Fsp3) is 0. The van der Waals surface area contributed by atoms with E-state index in [1.165, 1.54) is 0 Å². The van der Waals surface area contributed by atoms with Crippen molar-refractivity contribution in [1.29, 1.82) is 0 Å². The van der Waals surface area contributed by atoms with E-state index in [0.29, 0.717) is 4.99 Å². The molecule has 104 valence electrons. The summed E-state index contributed by atoms with van der Waals surface area (Å²) in [6.45, 7) is 0. The number of anilines is 2. The average molecular weight is 405 g/mol. The highest BCUT2D eigenvalue weighted by molar-refractivity contribution is 14.1. The van der Waals surface area contributed by atoms with Gasteiger partial charge in [0.15, 0.2) is 0 Å². The first-order chi connectivity index (χ1) is 10.1. The van der Waals surface area contributed by atoms with Crippen molar-refractivity contribution in [2.24, 2.45) is 5.73 Å². The highest BCUT2D eigenvalue weighted by Crippen LogP contribution is 2.23. The number of pyridine rings is 1. The van der Waals surface area contributed by atoms with Crippen molar-refractivity contribution in [3.05, 3.63) is 63.7 Å². The van der Waals surface area contributed by atoms with Crippen LogP contribution in [-0.4, -0.2) is 9.97 Å². The van der Waals surface area contributed by atoms with E-state index in [-0.39, 0.29) is 0 Å².